The third kappa shape index (κ3) is 3.46. The molecule has 0 bridgehead atoms. The highest BCUT2D eigenvalue weighted by atomic mass is 19.1. The predicted octanol–water partition coefficient (Wildman–Crippen LogP) is 1.89. The van der Waals surface area contributed by atoms with E-state index in [4.69, 9.17) is 9.47 Å². The first-order chi connectivity index (χ1) is 10.2. The number of esters is 1. The van der Waals surface area contributed by atoms with Crippen molar-refractivity contribution in [2.45, 2.75) is 18.9 Å². The minimum Gasteiger partial charge on any atom is -0.460 e. The second-order valence-electron chi connectivity index (χ2n) is 4.88. The number of halogens is 1. The fourth-order valence-corrected chi connectivity index (χ4v) is 2.17. The molecule has 0 saturated carbocycles. The maximum Gasteiger partial charge on any atom is 0.312 e. The van der Waals surface area contributed by atoms with Crippen LogP contribution >= 0.6 is 0 Å². The van der Waals surface area contributed by atoms with Gasteiger partial charge in [-0.1, -0.05) is 0 Å². The summed E-state index contributed by atoms with van der Waals surface area (Å²) in [5, 5.41) is 4.29. The molecule has 1 aliphatic heterocycles. The Balaban J connectivity index is 1.61. The van der Waals surface area contributed by atoms with Crippen LogP contribution in [0.1, 0.15) is 12.1 Å². The molecule has 0 radical (unpaired) electrons. The molecule has 6 heteroatoms. The second kappa shape index (κ2) is 6.05. The van der Waals surface area contributed by atoms with Crippen molar-refractivity contribution < 1.29 is 18.7 Å². The Morgan fingerprint density at radius 2 is 2.19 bits per heavy atom. The number of carbonyl (C=O) groups excluding carboxylic acids is 1. The molecule has 1 aromatic carbocycles. The van der Waals surface area contributed by atoms with E-state index in [-0.39, 0.29) is 24.3 Å². The topological polar surface area (TPSA) is 53.4 Å². The van der Waals surface area contributed by atoms with E-state index in [9.17, 15) is 9.18 Å². The van der Waals surface area contributed by atoms with Crippen molar-refractivity contribution in [3.63, 3.8) is 0 Å². The molecular formula is C15H15FN2O3. The maximum absolute atomic E-state index is 12.9. The summed E-state index contributed by atoms with van der Waals surface area (Å²) in [7, 11) is 0. The first-order valence-corrected chi connectivity index (χ1v) is 6.78. The van der Waals surface area contributed by atoms with Crippen molar-refractivity contribution in [3.05, 3.63) is 48.0 Å². The van der Waals surface area contributed by atoms with Crippen LogP contribution in [0.25, 0.3) is 5.69 Å². The van der Waals surface area contributed by atoms with Gasteiger partial charge in [0.05, 0.1) is 31.0 Å². The lowest BCUT2D eigenvalue weighted by Crippen LogP contribution is -2.19. The number of nitrogens with zero attached hydrogens (tertiary/aromatic N) is 2. The lowest BCUT2D eigenvalue weighted by Gasteiger charge is -2.08. The van der Waals surface area contributed by atoms with Crippen LogP contribution in [0.15, 0.2) is 36.5 Å². The van der Waals surface area contributed by atoms with Crippen LogP contribution in [0.3, 0.4) is 0 Å². The van der Waals surface area contributed by atoms with E-state index < -0.39 is 0 Å². The molecule has 5 nitrogen and oxygen atoms in total. The summed E-state index contributed by atoms with van der Waals surface area (Å²) < 4.78 is 24.9. The van der Waals surface area contributed by atoms with Crippen LogP contribution in [-0.4, -0.2) is 35.1 Å². The molecule has 3 rings (SSSR count). The van der Waals surface area contributed by atoms with Crippen LogP contribution in [0.4, 0.5) is 4.39 Å². The predicted molar refractivity (Wildman–Crippen MR) is 72.5 cm³/mol. The molecule has 1 saturated heterocycles. The van der Waals surface area contributed by atoms with Gasteiger partial charge >= 0.3 is 5.97 Å². The Hall–Kier alpha value is -2.21. The molecule has 1 fully saturated rings. The van der Waals surface area contributed by atoms with Crippen LogP contribution in [0.2, 0.25) is 0 Å². The van der Waals surface area contributed by atoms with Crippen molar-refractivity contribution in [3.8, 4) is 5.69 Å². The number of benzene rings is 1. The number of hydrogen-bond donors (Lipinski definition) is 0. The maximum atomic E-state index is 12.9. The summed E-state index contributed by atoms with van der Waals surface area (Å²) in [5.41, 5.74) is 1.35. The number of ether oxygens (including phenoxy) is 2. The normalized spacial score (nSPS) is 17.9. The Morgan fingerprint density at radius 3 is 2.90 bits per heavy atom. The molecule has 0 amide bonds. The average Bonchev–Trinajstić information content (AvgIpc) is 3.11. The van der Waals surface area contributed by atoms with E-state index in [1.54, 1.807) is 29.1 Å². The van der Waals surface area contributed by atoms with Gasteiger partial charge in [-0.15, -0.1) is 0 Å². The van der Waals surface area contributed by atoms with Crippen molar-refractivity contribution in [2.24, 2.45) is 0 Å². The second-order valence-corrected chi connectivity index (χ2v) is 4.88. The summed E-state index contributed by atoms with van der Waals surface area (Å²) in [6.45, 7) is 1.10. The zero-order chi connectivity index (χ0) is 14.7. The minimum atomic E-state index is -0.310. The number of hydrogen-bond acceptors (Lipinski definition) is 4. The van der Waals surface area contributed by atoms with Crippen molar-refractivity contribution in [1.29, 1.82) is 0 Å². The molecule has 1 aromatic heterocycles. The minimum absolute atomic E-state index is 0.116. The summed E-state index contributed by atoms with van der Waals surface area (Å²) >= 11 is 0. The molecule has 1 atom stereocenters. The first-order valence-electron chi connectivity index (χ1n) is 6.78. The zero-order valence-electron chi connectivity index (χ0n) is 11.4. The smallest absolute Gasteiger partial charge is 0.312 e. The lowest BCUT2D eigenvalue weighted by molar-refractivity contribution is -0.148. The van der Waals surface area contributed by atoms with Crippen molar-refractivity contribution in [2.75, 3.05) is 13.2 Å². The third-order valence-electron chi connectivity index (χ3n) is 3.25. The van der Waals surface area contributed by atoms with Gasteiger partial charge in [-0.25, -0.2) is 9.07 Å². The fraction of sp³-hybridized carbons (Fsp3) is 0.333. The number of aromatic nitrogens is 2. The van der Waals surface area contributed by atoms with E-state index in [0.29, 0.717) is 18.9 Å². The van der Waals surface area contributed by atoms with Crippen LogP contribution in [0.5, 0.6) is 0 Å². The van der Waals surface area contributed by atoms with Gasteiger partial charge in [0, 0.05) is 12.6 Å². The summed E-state index contributed by atoms with van der Waals surface area (Å²) in [6.07, 6.45) is 2.45. The molecule has 0 aliphatic carbocycles. The number of carbonyl (C=O) groups is 1. The Kier molecular flexibility index (Phi) is 3.96. The van der Waals surface area contributed by atoms with Gasteiger partial charge in [0.1, 0.15) is 11.9 Å². The Labute approximate surface area is 121 Å². The first kappa shape index (κ1) is 13.8. The summed E-state index contributed by atoms with van der Waals surface area (Å²) in [5.74, 6) is -0.608. The standard InChI is InChI=1S/C15H15FN2O3/c16-11-1-3-13(4-2-11)18-7-5-12(17-18)9-15(19)21-14-6-8-20-10-14/h1-5,7,14H,6,8-10H2/t14-/m0/s1. The highest BCUT2D eigenvalue weighted by molar-refractivity contribution is 5.72. The summed E-state index contributed by atoms with van der Waals surface area (Å²) in [6, 6.07) is 7.73. The van der Waals surface area contributed by atoms with Gasteiger partial charge in [0.25, 0.3) is 0 Å². The molecule has 0 unspecified atom stereocenters. The van der Waals surface area contributed by atoms with Gasteiger partial charge in [-0.2, -0.15) is 5.10 Å². The molecule has 110 valence electrons. The van der Waals surface area contributed by atoms with E-state index in [0.717, 1.165) is 12.1 Å². The highest BCUT2D eigenvalue weighted by Crippen LogP contribution is 2.12. The van der Waals surface area contributed by atoms with E-state index >= 15 is 0 Å². The molecule has 21 heavy (non-hydrogen) atoms. The molecule has 0 spiro atoms. The largest absolute Gasteiger partial charge is 0.460 e. The highest BCUT2D eigenvalue weighted by Gasteiger charge is 2.20. The van der Waals surface area contributed by atoms with Crippen LogP contribution < -0.4 is 0 Å². The van der Waals surface area contributed by atoms with Gasteiger partial charge < -0.3 is 9.47 Å². The SMILES string of the molecule is O=C(Cc1ccn(-c2ccc(F)cc2)n1)O[C@H]1CCOC1. The van der Waals surface area contributed by atoms with E-state index in [1.165, 1.54) is 12.1 Å². The van der Waals surface area contributed by atoms with Gasteiger partial charge in [-0.05, 0) is 30.3 Å². The number of rotatable bonds is 4. The van der Waals surface area contributed by atoms with Crippen molar-refractivity contribution in [1.82, 2.24) is 9.78 Å². The molecular weight excluding hydrogens is 275 g/mol. The van der Waals surface area contributed by atoms with Gasteiger partial charge in [0.15, 0.2) is 0 Å². The Bertz CT molecular complexity index is 618. The zero-order valence-corrected chi connectivity index (χ0v) is 11.4. The van der Waals surface area contributed by atoms with Gasteiger partial charge in [-0.3, -0.25) is 4.79 Å². The monoisotopic (exact) mass is 290 g/mol. The van der Waals surface area contributed by atoms with E-state index in [2.05, 4.69) is 5.10 Å². The quantitative estimate of drug-likeness (QED) is 0.807. The third-order valence-corrected chi connectivity index (χ3v) is 3.25. The molecule has 2 heterocycles. The molecule has 0 N–H and O–H groups in total. The molecule has 2 aromatic rings. The lowest BCUT2D eigenvalue weighted by atomic mass is 10.3. The van der Waals surface area contributed by atoms with Crippen LogP contribution in [-0.2, 0) is 20.7 Å². The van der Waals surface area contributed by atoms with Crippen molar-refractivity contribution >= 4 is 5.97 Å². The van der Waals surface area contributed by atoms with E-state index in [1.807, 2.05) is 0 Å². The molecule has 1 aliphatic rings. The average molecular weight is 290 g/mol. The Morgan fingerprint density at radius 1 is 1.38 bits per heavy atom. The fourth-order valence-electron chi connectivity index (χ4n) is 2.17. The van der Waals surface area contributed by atoms with Crippen LogP contribution in [0, 0.1) is 5.82 Å². The summed E-state index contributed by atoms with van der Waals surface area (Å²) in [4.78, 5) is 11.8. The van der Waals surface area contributed by atoms with Gasteiger partial charge in [0.2, 0.25) is 0 Å².